The highest BCUT2D eigenvalue weighted by atomic mass is 127. The van der Waals surface area contributed by atoms with Crippen LogP contribution in [-0.2, 0) is 0 Å². The van der Waals surface area contributed by atoms with Gasteiger partial charge in [-0.2, -0.15) is 15.0 Å². The molecule has 0 saturated heterocycles. The zero-order chi connectivity index (χ0) is 16.2. The number of hydrogen-bond acceptors (Lipinski definition) is 4. The van der Waals surface area contributed by atoms with E-state index in [0.29, 0.717) is 17.2 Å². The molecule has 0 unspecified atom stereocenters. The molecule has 1 N–H and O–H groups in total. The third-order valence-electron chi connectivity index (χ3n) is 3.11. The van der Waals surface area contributed by atoms with Crippen LogP contribution in [0.15, 0.2) is 54.9 Å². The Morgan fingerprint density at radius 1 is 1.22 bits per heavy atom. The van der Waals surface area contributed by atoms with Crippen LogP contribution >= 0.6 is 22.6 Å². The Bertz CT molecular complexity index is 898. The molecule has 7 heteroatoms. The molecule has 0 spiro atoms. The van der Waals surface area contributed by atoms with E-state index in [1.54, 1.807) is 30.5 Å². The van der Waals surface area contributed by atoms with Crippen LogP contribution in [0.2, 0.25) is 0 Å². The SMILES string of the molecule is N#Cc1cnn(-c2ccccn2)c1NC(=O)c1ccccc1I. The lowest BCUT2D eigenvalue weighted by molar-refractivity contribution is 0.102. The van der Waals surface area contributed by atoms with Crippen molar-refractivity contribution in [3.63, 3.8) is 0 Å². The minimum absolute atomic E-state index is 0.273. The highest BCUT2D eigenvalue weighted by Crippen LogP contribution is 2.20. The molecule has 0 radical (unpaired) electrons. The summed E-state index contributed by atoms with van der Waals surface area (Å²) >= 11 is 2.09. The standard InChI is InChI=1S/C16H10IN5O/c17-13-6-2-1-5-12(13)16(23)21-15-11(9-18)10-20-22(15)14-7-3-4-8-19-14/h1-8,10H,(H,21,23). The Kier molecular flexibility index (Phi) is 4.34. The first-order chi connectivity index (χ1) is 11.2. The largest absolute Gasteiger partial charge is 0.305 e. The third-order valence-corrected chi connectivity index (χ3v) is 4.05. The van der Waals surface area contributed by atoms with E-state index in [4.69, 9.17) is 0 Å². The van der Waals surface area contributed by atoms with E-state index in [2.05, 4.69) is 38.0 Å². The second-order valence-electron chi connectivity index (χ2n) is 4.55. The topological polar surface area (TPSA) is 83.6 Å². The second kappa shape index (κ2) is 6.58. The summed E-state index contributed by atoms with van der Waals surface area (Å²) in [5.41, 5.74) is 0.806. The van der Waals surface area contributed by atoms with Gasteiger partial charge in [-0.3, -0.25) is 4.79 Å². The zero-order valence-corrected chi connectivity index (χ0v) is 13.9. The second-order valence-corrected chi connectivity index (χ2v) is 5.71. The lowest BCUT2D eigenvalue weighted by atomic mass is 10.2. The van der Waals surface area contributed by atoms with Crippen LogP contribution in [0, 0.1) is 14.9 Å². The predicted molar refractivity (Wildman–Crippen MR) is 93.2 cm³/mol. The summed E-state index contributed by atoms with van der Waals surface area (Å²) < 4.78 is 2.26. The number of halogens is 1. The van der Waals surface area contributed by atoms with Crippen LogP contribution in [0.3, 0.4) is 0 Å². The predicted octanol–water partition coefficient (Wildman–Crippen LogP) is 3.00. The molecule has 1 aromatic carbocycles. The molecule has 23 heavy (non-hydrogen) atoms. The van der Waals surface area contributed by atoms with Gasteiger partial charge >= 0.3 is 0 Å². The molecule has 0 fully saturated rings. The number of carbonyl (C=O) groups is 1. The van der Waals surface area contributed by atoms with Gasteiger partial charge in [0.15, 0.2) is 11.6 Å². The number of benzene rings is 1. The fraction of sp³-hybridized carbons (Fsp3) is 0. The minimum atomic E-state index is -0.302. The van der Waals surface area contributed by atoms with Crippen LogP contribution in [0.4, 0.5) is 5.82 Å². The van der Waals surface area contributed by atoms with Gasteiger partial charge in [0.25, 0.3) is 5.91 Å². The van der Waals surface area contributed by atoms with Crippen LogP contribution in [-0.4, -0.2) is 20.7 Å². The molecule has 0 aliphatic carbocycles. The molecule has 3 aromatic rings. The van der Waals surface area contributed by atoms with E-state index in [-0.39, 0.29) is 11.5 Å². The molecule has 0 saturated carbocycles. The van der Waals surface area contributed by atoms with Crippen molar-refractivity contribution in [3.8, 4) is 11.9 Å². The monoisotopic (exact) mass is 415 g/mol. The molecule has 2 aromatic heterocycles. The summed E-state index contributed by atoms with van der Waals surface area (Å²) in [6.07, 6.45) is 3.02. The maximum atomic E-state index is 12.5. The van der Waals surface area contributed by atoms with Gasteiger partial charge in [-0.05, 0) is 46.9 Å². The average molecular weight is 415 g/mol. The van der Waals surface area contributed by atoms with Gasteiger partial charge in [-0.25, -0.2) is 4.98 Å². The third kappa shape index (κ3) is 3.07. The summed E-state index contributed by atoms with van der Waals surface area (Å²) in [6.45, 7) is 0. The van der Waals surface area contributed by atoms with Gasteiger partial charge in [0.1, 0.15) is 11.6 Å². The summed E-state index contributed by atoms with van der Waals surface area (Å²) in [4.78, 5) is 16.7. The van der Waals surface area contributed by atoms with Gasteiger partial charge in [0.05, 0.1) is 11.8 Å². The normalized spacial score (nSPS) is 10.1. The van der Waals surface area contributed by atoms with Crippen molar-refractivity contribution in [1.29, 1.82) is 5.26 Å². The van der Waals surface area contributed by atoms with E-state index >= 15 is 0 Å². The zero-order valence-electron chi connectivity index (χ0n) is 11.8. The van der Waals surface area contributed by atoms with Gasteiger partial charge in [-0.1, -0.05) is 18.2 Å². The average Bonchev–Trinajstić information content (AvgIpc) is 2.98. The summed E-state index contributed by atoms with van der Waals surface area (Å²) in [7, 11) is 0. The van der Waals surface area contributed by atoms with Crippen LogP contribution in [0.1, 0.15) is 15.9 Å². The molecule has 0 atom stereocenters. The lowest BCUT2D eigenvalue weighted by Crippen LogP contribution is -2.17. The molecule has 0 aliphatic heterocycles. The highest BCUT2D eigenvalue weighted by Gasteiger charge is 2.17. The molecule has 6 nitrogen and oxygen atoms in total. The fourth-order valence-electron chi connectivity index (χ4n) is 2.02. The molecule has 112 valence electrons. The number of amides is 1. The van der Waals surface area contributed by atoms with Crippen molar-refractivity contribution in [2.45, 2.75) is 0 Å². The van der Waals surface area contributed by atoms with Crippen LogP contribution < -0.4 is 5.32 Å². The number of carbonyl (C=O) groups excluding carboxylic acids is 1. The number of nitrogens with zero attached hydrogens (tertiary/aromatic N) is 4. The Morgan fingerprint density at radius 3 is 2.70 bits per heavy atom. The lowest BCUT2D eigenvalue weighted by Gasteiger charge is -2.09. The molecule has 3 rings (SSSR count). The maximum Gasteiger partial charge on any atom is 0.257 e. The number of hydrogen-bond donors (Lipinski definition) is 1. The number of aromatic nitrogens is 3. The van der Waals surface area contributed by atoms with Gasteiger partial charge in [0.2, 0.25) is 0 Å². The van der Waals surface area contributed by atoms with Crippen molar-refractivity contribution >= 4 is 34.3 Å². The molecule has 0 bridgehead atoms. The Balaban J connectivity index is 2.00. The van der Waals surface area contributed by atoms with Crippen molar-refractivity contribution in [1.82, 2.24) is 14.8 Å². The molecule has 1 amide bonds. The number of nitrogens with one attached hydrogen (secondary N) is 1. The molecular formula is C16H10IN5O. The molecular weight excluding hydrogens is 405 g/mol. The minimum Gasteiger partial charge on any atom is -0.305 e. The van der Waals surface area contributed by atoms with Crippen LogP contribution in [0.5, 0.6) is 0 Å². The van der Waals surface area contributed by atoms with Crippen molar-refractivity contribution in [3.05, 3.63) is 69.6 Å². The number of nitriles is 1. The number of pyridine rings is 1. The van der Waals surface area contributed by atoms with E-state index in [1.807, 2.05) is 24.3 Å². The summed E-state index contributed by atoms with van der Waals surface area (Å²) in [5.74, 6) is 0.520. The summed E-state index contributed by atoms with van der Waals surface area (Å²) in [6, 6.07) is 14.6. The first-order valence-electron chi connectivity index (χ1n) is 6.66. The first kappa shape index (κ1) is 15.2. The van der Waals surface area contributed by atoms with Crippen LogP contribution in [0.25, 0.3) is 5.82 Å². The van der Waals surface area contributed by atoms with E-state index in [0.717, 1.165) is 3.57 Å². The van der Waals surface area contributed by atoms with Gasteiger partial charge in [-0.15, -0.1) is 0 Å². The molecule has 0 aliphatic rings. The Labute approximate surface area is 145 Å². The quantitative estimate of drug-likeness (QED) is 0.667. The highest BCUT2D eigenvalue weighted by molar-refractivity contribution is 14.1. The van der Waals surface area contributed by atoms with Gasteiger partial charge < -0.3 is 5.32 Å². The molecule has 2 heterocycles. The van der Waals surface area contributed by atoms with Crippen molar-refractivity contribution < 1.29 is 4.79 Å². The summed E-state index contributed by atoms with van der Waals surface area (Å²) in [5, 5.41) is 16.1. The fourth-order valence-corrected chi connectivity index (χ4v) is 2.66. The van der Waals surface area contributed by atoms with Crippen molar-refractivity contribution in [2.24, 2.45) is 0 Å². The van der Waals surface area contributed by atoms with Crippen molar-refractivity contribution in [2.75, 3.05) is 5.32 Å². The smallest absolute Gasteiger partial charge is 0.257 e. The maximum absolute atomic E-state index is 12.5. The first-order valence-corrected chi connectivity index (χ1v) is 7.74. The number of rotatable bonds is 3. The number of anilines is 1. The Morgan fingerprint density at radius 2 is 2.00 bits per heavy atom. The van der Waals surface area contributed by atoms with E-state index < -0.39 is 0 Å². The van der Waals surface area contributed by atoms with E-state index in [1.165, 1.54) is 10.9 Å². The Hall–Kier alpha value is -2.73. The van der Waals surface area contributed by atoms with E-state index in [9.17, 15) is 10.1 Å². The van der Waals surface area contributed by atoms with Gasteiger partial charge in [0, 0.05) is 9.77 Å².